The third-order valence-corrected chi connectivity index (χ3v) is 3.69. The van der Waals surface area contributed by atoms with E-state index in [-0.39, 0.29) is 11.3 Å². The van der Waals surface area contributed by atoms with Gasteiger partial charge in [-0.3, -0.25) is 4.57 Å². The number of carboxylic acids is 1. The minimum absolute atomic E-state index is 0.185. The van der Waals surface area contributed by atoms with Crippen molar-refractivity contribution in [3.05, 3.63) is 34.2 Å². The average molecular weight is 246 g/mol. The van der Waals surface area contributed by atoms with E-state index in [2.05, 4.69) is 4.98 Å². The van der Waals surface area contributed by atoms with Crippen molar-refractivity contribution in [1.82, 2.24) is 9.55 Å². The van der Waals surface area contributed by atoms with Crippen molar-refractivity contribution in [2.45, 2.75) is 25.8 Å². The summed E-state index contributed by atoms with van der Waals surface area (Å²) in [4.78, 5) is 25.8. The molecule has 0 atom stereocenters. The van der Waals surface area contributed by atoms with Crippen LogP contribution in [0.5, 0.6) is 0 Å². The first kappa shape index (κ1) is 11.1. The molecule has 2 N–H and O–H groups in total. The number of imidazole rings is 1. The first-order valence-electron chi connectivity index (χ1n) is 6.11. The van der Waals surface area contributed by atoms with Crippen LogP contribution in [0.1, 0.15) is 29.6 Å². The van der Waals surface area contributed by atoms with Crippen molar-refractivity contribution in [3.8, 4) is 0 Å². The first-order valence-corrected chi connectivity index (χ1v) is 6.11. The van der Waals surface area contributed by atoms with Gasteiger partial charge in [-0.15, -0.1) is 0 Å². The summed E-state index contributed by atoms with van der Waals surface area (Å²) >= 11 is 0. The van der Waals surface area contributed by atoms with Gasteiger partial charge in [0.25, 0.3) is 0 Å². The summed E-state index contributed by atoms with van der Waals surface area (Å²) in [7, 11) is 0. The molecule has 1 aliphatic rings. The number of rotatable bonds is 3. The van der Waals surface area contributed by atoms with Crippen molar-refractivity contribution in [2.75, 3.05) is 0 Å². The zero-order valence-electron chi connectivity index (χ0n) is 9.85. The highest BCUT2D eigenvalue weighted by molar-refractivity contribution is 6.01. The summed E-state index contributed by atoms with van der Waals surface area (Å²) < 4.78 is 1.57. The summed E-state index contributed by atoms with van der Waals surface area (Å²) in [6, 6.07) is 4.92. The number of fused-ring (bicyclic) bond motifs is 1. The van der Waals surface area contributed by atoms with Gasteiger partial charge in [0.05, 0.1) is 16.6 Å². The third kappa shape index (κ3) is 1.63. The molecule has 5 heteroatoms. The van der Waals surface area contributed by atoms with Crippen LogP contribution < -0.4 is 5.69 Å². The number of nitrogens with zero attached hydrogens (tertiary/aromatic N) is 1. The highest BCUT2D eigenvalue weighted by atomic mass is 16.4. The van der Waals surface area contributed by atoms with E-state index in [1.54, 1.807) is 16.7 Å². The summed E-state index contributed by atoms with van der Waals surface area (Å²) in [6.45, 7) is 0.614. The quantitative estimate of drug-likeness (QED) is 0.867. The van der Waals surface area contributed by atoms with Gasteiger partial charge < -0.3 is 10.1 Å². The maximum atomic E-state index is 11.9. The van der Waals surface area contributed by atoms with Gasteiger partial charge in [-0.05, 0) is 30.9 Å². The molecule has 1 aromatic heterocycles. The molecule has 0 amide bonds. The molecule has 0 radical (unpaired) electrons. The Balaban J connectivity index is 2.18. The van der Waals surface area contributed by atoms with Crippen LogP contribution in [-0.2, 0) is 6.54 Å². The van der Waals surface area contributed by atoms with E-state index >= 15 is 0 Å². The Kier molecular flexibility index (Phi) is 2.47. The Morgan fingerprint density at radius 2 is 2.22 bits per heavy atom. The van der Waals surface area contributed by atoms with Gasteiger partial charge in [-0.1, -0.05) is 12.5 Å². The summed E-state index contributed by atoms with van der Waals surface area (Å²) in [5.74, 6) is -0.495. The molecule has 2 aromatic rings. The van der Waals surface area contributed by atoms with Gasteiger partial charge in [0.2, 0.25) is 0 Å². The Hall–Kier alpha value is -2.04. The molecule has 0 saturated heterocycles. The van der Waals surface area contributed by atoms with E-state index in [1.165, 1.54) is 12.5 Å². The smallest absolute Gasteiger partial charge is 0.337 e. The Morgan fingerprint density at radius 3 is 2.83 bits per heavy atom. The monoisotopic (exact) mass is 246 g/mol. The number of carbonyl (C=O) groups is 1. The molecule has 0 unspecified atom stereocenters. The van der Waals surface area contributed by atoms with Gasteiger partial charge in [-0.25, -0.2) is 9.59 Å². The van der Waals surface area contributed by atoms with Crippen LogP contribution in [0.3, 0.4) is 0 Å². The molecule has 18 heavy (non-hydrogen) atoms. The van der Waals surface area contributed by atoms with Gasteiger partial charge >= 0.3 is 11.7 Å². The molecule has 0 bridgehead atoms. The number of aromatic nitrogens is 2. The number of hydrogen-bond acceptors (Lipinski definition) is 2. The number of benzene rings is 1. The minimum Gasteiger partial charge on any atom is -0.478 e. The summed E-state index contributed by atoms with van der Waals surface area (Å²) in [5.41, 5.74) is 1.08. The highest BCUT2D eigenvalue weighted by Gasteiger charge is 2.22. The van der Waals surface area contributed by atoms with E-state index < -0.39 is 5.97 Å². The normalized spacial score (nSPS) is 15.8. The van der Waals surface area contributed by atoms with Crippen LogP contribution in [0.15, 0.2) is 23.0 Å². The Labute approximate surface area is 103 Å². The number of carboxylic acid groups (broad SMARTS) is 1. The zero-order valence-corrected chi connectivity index (χ0v) is 9.85. The van der Waals surface area contributed by atoms with E-state index in [0.29, 0.717) is 23.5 Å². The molecule has 1 fully saturated rings. The largest absolute Gasteiger partial charge is 0.478 e. The Morgan fingerprint density at radius 1 is 1.44 bits per heavy atom. The van der Waals surface area contributed by atoms with E-state index in [0.717, 1.165) is 12.8 Å². The van der Waals surface area contributed by atoms with Crippen molar-refractivity contribution in [2.24, 2.45) is 5.92 Å². The molecule has 5 nitrogen and oxygen atoms in total. The molecule has 1 heterocycles. The van der Waals surface area contributed by atoms with E-state index in [9.17, 15) is 14.7 Å². The molecule has 1 saturated carbocycles. The second-order valence-corrected chi connectivity index (χ2v) is 4.84. The Bertz CT molecular complexity index is 664. The molecular formula is C13H14N2O3. The van der Waals surface area contributed by atoms with Crippen molar-refractivity contribution < 1.29 is 9.90 Å². The lowest BCUT2D eigenvalue weighted by atomic mass is 9.85. The van der Waals surface area contributed by atoms with E-state index in [4.69, 9.17) is 0 Å². The molecule has 1 aromatic carbocycles. The number of hydrogen-bond donors (Lipinski definition) is 2. The van der Waals surface area contributed by atoms with Crippen LogP contribution in [0.2, 0.25) is 0 Å². The number of aromatic carboxylic acids is 1. The highest BCUT2D eigenvalue weighted by Crippen LogP contribution is 2.28. The SMILES string of the molecule is O=C(O)c1cccc2[nH]c(=O)n(CC3CCC3)c12. The molecule has 1 aliphatic carbocycles. The second-order valence-electron chi connectivity index (χ2n) is 4.84. The van der Waals surface area contributed by atoms with Gasteiger partial charge in [0, 0.05) is 6.54 Å². The number of H-pyrrole nitrogens is 1. The van der Waals surface area contributed by atoms with Crippen LogP contribution in [0.25, 0.3) is 11.0 Å². The fourth-order valence-electron chi connectivity index (χ4n) is 2.50. The zero-order chi connectivity index (χ0) is 12.7. The first-order chi connectivity index (χ1) is 8.66. The fourth-order valence-corrected chi connectivity index (χ4v) is 2.50. The fraction of sp³-hybridized carbons (Fsp3) is 0.385. The number of aromatic amines is 1. The van der Waals surface area contributed by atoms with Crippen LogP contribution in [0.4, 0.5) is 0 Å². The molecule has 0 aliphatic heterocycles. The third-order valence-electron chi connectivity index (χ3n) is 3.69. The van der Waals surface area contributed by atoms with Gasteiger partial charge in [0.1, 0.15) is 0 Å². The number of nitrogens with one attached hydrogen (secondary N) is 1. The maximum absolute atomic E-state index is 11.9. The van der Waals surface area contributed by atoms with Crippen LogP contribution >= 0.6 is 0 Å². The van der Waals surface area contributed by atoms with Crippen LogP contribution in [0, 0.1) is 5.92 Å². The van der Waals surface area contributed by atoms with Crippen molar-refractivity contribution in [3.63, 3.8) is 0 Å². The number of para-hydroxylation sites is 1. The lowest BCUT2D eigenvalue weighted by Crippen LogP contribution is -2.25. The lowest BCUT2D eigenvalue weighted by molar-refractivity contribution is 0.0698. The molecule has 3 rings (SSSR count). The summed E-state index contributed by atoms with van der Waals surface area (Å²) in [6.07, 6.45) is 3.44. The lowest BCUT2D eigenvalue weighted by Gasteiger charge is -2.25. The average Bonchev–Trinajstić information content (AvgIpc) is 2.59. The van der Waals surface area contributed by atoms with Gasteiger partial charge in [-0.2, -0.15) is 0 Å². The topological polar surface area (TPSA) is 75.1 Å². The predicted molar refractivity (Wildman–Crippen MR) is 66.9 cm³/mol. The predicted octanol–water partition coefficient (Wildman–Crippen LogP) is 1.83. The van der Waals surface area contributed by atoms with E-state index in [1.807, 2.05) is 0 Å². The van der Waals surface area contributed by atoms with Crippen molar-refractivity contribution in [1.29, 1.82) is 0 Å². The summed E-state index contributed by atoms with van der Waals surface area (Å²) in [5, 5.41) is 9.19. The standard InChI is InChI=1S/C13H14N2O3/c16-12(17)9-5-2-6-10-11(9)15(13(18)14-10)7-8-3-1-4-8/h2,5-6,8H,1,3-4,7H2,(H,14,18)(H,16,17). The van der Waals surface area contributed by atoms with Gasteiger partial charge in [0.15, 0.2) is 0 Å². The molecule has 94 valence electrons. The van der Waals surface area contributed by atoms with Crippen molar-refractivity contribution >= 4 is 17.0 Å². The van der Waals surface area contributed by atoms with Crippen LogP contribution in [-0.4, -0.2) is 20.6 Å². The minimum atomic E-state index is -0.998. The maximum Gasteiger partial charge on any atom is 0.337 e. The second kappa shape index (κ2) is 4.01. The molecular weight excluding hydrogens is 232 g/mol. The molecule has 0 spiro atoms.